The number of halogens is 1. The lowest BCUT2D eigenvalue weighted by Gasteiger charge is -2.09. The number of furan rings is 1. The van der Waals surface area contributed by atoms with Crippen LogP contribution in [-0.4, -0.2) is 19.6 Å². The summed E-state index contributed by atoms with van der Waals surface area (Å²) in [4.78, 5) is 11.7. The second kappa shape index (κ2) is 7.59. The quantitative estimate of drug-likeness (QED) is 0.825. The van der Waals surface area contributed by atoms with Crippen LogP contribution in [0.4, 0.5) is 5.69 Å². The SMILES string of the molecule is COc1ccc(NCCC(=O)NCc2ccco2)cc1Cl. The summed E-state index contributed by atoms with van der Waals surface area (Å²) in [6, 6.07) is 9.00. The molecule has 0 aliphatic carbocycles. The van der Waals surface area contributed by atoms with Gasteiger partial charge in [-0.25, -0.2) is 0 Å². The normalized spacial score (nSPS) is 10.2. The average molecular weight is 309 g/mol. The van der Waals surface area contributed by atoms with Crippen LogP contribution in [0.15, 0.2) is 41.0 Å². The molecule has 0 atom stereocenters. The van der Waals surface area contributed by atoms with Crippen LogP contribution in [0.2, 0.25) is 5.02 Å². The Morgan fingerprint density at radius 3 is 2.90 bits per heavy atom. The average Bonchev–Trinajstić information content (AvgIpc) is 2.99. The molecule has 1 aromatic carbocycles. The summed E-state index contributed by atoms with van der Waals surface area (Å²) < 4.78 is 10.2. The van der Waals surface area contributed by atoms with E-state index < -0.39 is 0 Å². The van der Waals surface area contributed by atoms with Crippen LogP contribution in [0.3, 0.4) is 0 Å². The summed E-state index contributed by atoms with van der Waals surface area (Å²) in [6.07, 6.45) is 1.95. The standard InChI is InChI=1S/C15H17ClN2O3/c1-20-14-5-4-11(9-13(14)16)17-7-6-15(19)18-10-12-3-2-8-21-12/h2-5,8-9,17H,6-7,10H2,1H3,(H,18,19). The van der Waals surface area contributed by atoms with Crippen LogP contribution in [0.1, 0.15) is 12.2 Å². The Morgan fingerprint density at radius 1 is 1.38 bits per heavy atom. The number of nitrogens with one attached hydrogen (secondary N) is 2. The van der Waals surface area contributed by atoms with Crippen molar-refractivity contribution in [1.29, 1.82) is 0 Å². The molecular weight excluding hydrogens is 292 g/mol. The maximum absolute atomic E-state index is 11.7. The minimum absolute atomic E-state index is 0.0430. The van der Waals surface area contributed by atoms with Crippen LogP contribution in [0, 0.1) is 0 Å². The molecule has 2 aromatic rings. The molecule has 0 spiro atoms. The van der Waals surface area contributed by atoms with Gasteiger partial charge in [-0.2, -0.15) is 0 Å². The largest absolute Gasteiger partial charge is 0.495 e. The van der Waals surface area contributed by atoms with Gasteiger partial charge in [0.25, 0.3) is 0 Å². The van der Waals surface area contributed by atoms with Crippen molar-refractivity contribution in [3.8, 4) is 5.75 Å². The van der Waals surface area contributed by atoms with Gasteiger partial charge in [0.1, 0.15) is 11.5 Å². The third kappa shape index (κ3) is 4.72. The van der Waals surface area contributed by atoms with E-state index in [1.165, 1.54) is 0 Å². The Labute approximate surface area is 128 Å². The van der Waals surface area contributed by atoms with Gasteiger partial charge >= 0.3 is 0 Å². The number of rotatable bonds is 7. The Kier molecular flexibility index (Phi) is 5.51. The minimum Gasteiger partial charge on any atom is -0.495 e. The lowest BCUT2D eigenvalue weighted by molar-refractivity contribution is -0.121. The predicted molar refractivity (Wildman–Crippen MR) is 81.7 cm³/mol. The Bertz CT molecular complexity index is 585. The van der Waals surface area contributed by atoms with Crippen LogP contribution >= 0.6 is 11.6 Å². The molecular formula is C15H17ClN2O3. The van der Waals surface area contributed by atoms with Crippen molar-refractivity contribution in [2.45, 2.75) is 13.0 Å². The van der Waals surface area contributed by atoms with E-state index in [1.807, 2.05) is 12.1 Å². The van der Waals surface area contributed by atoms with Crippen molar-refractivity contribution in [1.82, 2.24) is 5.32 Å². The van der Waals surface area contributed by atoms with Gasteiger partial charge in [0.15, 0.2) is 0 Å². The summed E-state index contributed by atoms with van der Waals surface area (Å²) in [5.41, 5.74) is 0.847. The first-order chi connectivity index (χ1) is 10.2. The highest BCUT2D eigenvalue weighted by atomic mass is 35.5. The van der Waals surface area contributed by atoms with Gasteiger partial charge in [-0.05, 0) is 30.3 Å². The first kappa shape index (κ1) is 15.3. The molecule has 2 N–H and O–H groups in total. The third-order valence-electron chi connectivity index (χ3n) is 2.87. The van der Waals surface area contributed by atoms with Crippen LogP contribution in [-0.2, 0) is 11.3 Å². The van der Waals surface area contributed by atoms with Crippen molar-refractivity contribution in [3.05, 3.63) is 47.4 Å². The highest BCUT2D eigenvalue weighted by molar-refractivity contribution is 6.32. The molecule has 112 valence electrons. The summed E-state index contributed by atoms with van der Waals surface area (Å²) in [5, 5.41) is 6.45. The molecule has 6 heteroatoms. The molecule has 1 aromatic heterocycles. The topological polar surface area (TPSA) is 63.5 Å². The van der Waals surface area contributed by atoms with E-state index >= 15 is 0 Å². The number of hydrogen-bond acceptors (Lipinski definition) is 4. The maximum atomic E-state index is 11.7. The summed E-state index contributed by atoms with van der Waals surface area (Å²) >= 11 is 6.02. The Balaban J connectivity index is 1.71. The molecule has 21 heavy (non-hydrogen) atoms. The summed E-state index contributed by atoms with van der Waals surface area (Å²) in [6.45, 7) is 0.923. The van der Waals surface area contributed by atoms with Crippen molar-refractivity contribution in [2.24, 2.45) is 0 Å². The molecule has 1 amide bonds. The highest BCUT2D eigenvalue weighted by Crippen LogP contribution is 2.27. The van der Waals surface area contributed by atoms with Crippen LogP contribution in [0.5, 0.6) is 5.75 Å². The van der Waals surface area contributed by atoms with Gasteiger partial charge in [-0.1, -0.05) is 11.6 Å². The number of methoxy groups -OCH3 is 1. The van der Waals surface area contributed by atoms with Gasteiger partial charge in [-0.15, -0.1) is 0 Å². The number of benzene rings is 1. The highest BCUT2D eigenvalue weighted by Gasteiger charge is 2.04. The smallest absolute Gasteiger partial charge is 0.222 e. The van der Waals surface area contributed by atoms with Gasteiger partial charge < -0.3 is 19.8 Å². The van der Waals surface area contributed by atoms with Crippen molar-refractivity contribution >= 4 is 23.2 Å². The zero-order valence-electron chi connectivity index (χ0n) is 11.7. The van der Waals surface area contributed by atoms with E-state index in [-0.39, 0.29) is 5.91 Å². The number of hydrogen-bond donors (Lipinski definition) is 2. The zero-order chi connectivity index (χ0) is 15.1. The van der Waals surface area contributed by atoms with Crippen molar-refractivity contribution in [3.63, 3.8) is 0 Å². The second-order valence-electron chi connectivity index (χ2n) is 4.38. The number of ether oxygens (including phenoxy) is 1. The fourth-order valence-electron chi connectivity index (χ4n) is 1.78. The zero-order valence-corrected chi connectivity index (χ0v) is 12.4. The number of amides is 1. The van der Waals surface area contributed by atoms with Gasteiger partial charge in [0.05, 0.1) is 24.9 Å². The molecule has 0 saturated heterocycles. The molecule has 0 radical (unpaired) electrons. The number of carbonyl (C=O) groups is 1. The number of anilines is 1. The predicted octanol–water partition coefficient (Wildman–Crippen LogP) is 3.06. The lowest BCUT2D eigenvalue weighted by Crippen LogP contribution is -2.24. The van der Waals surface area contributed by atoms with Crippen molar-refractivity contribution in [2.75, 3.05) is 19.0 Å². The molecule has 0 bridgehead atoms. The van der Waals surface area contributed by atoms with Crippen molar-refractivity contribution < 1.29 is 13.9 Å². The Hall–Kier alpha value is -2.14. The first-order valence-corrected chi connectivity index (χ1v) is 6.93. The molecule has 0 saturated carbocycles. The lowest BCUT2D eigenvalue weighted by atomic mass is 10.3. The monoisotopic (exact) mass is 308 g/mol. The van der Waals surface area contributed by atoms with Crippen LogP contribution in [0.25, 0.3) is 0 Å². The molecule has 5 nitrogen and oxygen atoms in total. The van der Waals surface area contributed by atoms with E-state index in [0.717, 1.165) is 11.4 Å². The fraction of sp³-hybridized carbons (Fsp3) is 0.267. The number of carbonyl (C=O) groups excluding carboxylic acids is 1. The third-order valence-corrected chi connectivity index (χ3v) is 3.17. The van der Waals surface area contributed by atoms with E-state index in [0.29, 0.717) is 30.3 Å². The minimum atomic E-state index is -0.0430. The second-order valence-corrected chi connectivity index (χ2v) is 4.79. The first-order valence-electron chi connectivity index (χ1n) is 6.55. The fourth-order valence-corrected chi connectivity index (χ4v) is 2.04. The summed E-state index contributed by atoms with van der Waals surface area (Å²) in [5.74, 6) is 1.31. The molecule has 0 aliphatic heterocycles. The van der Waals surface area contributed by atoms with Crippen LogP contribution < -0.4 is 15.4 Å². The van der Waals surface area contributed by atoms with Gasteiger partial charge in [0, 0.05) is 18.7 Å². The molecule has 0 fully saturated rings. The molecule has 1 heterocycles. The molecule has 0 unspecified atom stereocenters. The Morgan fingerprint density at radius 2 is 2.24 bits per heavy atom. The van der Waals surface area contributed by atoms with Gasteiger partial charge in [0.2, 0.25) is 5.91 Å². The van der Waals surface area contributed by atoms with Gasteiger partial charge in [-0.3, -0.25) is 4.79 Å². The van der Waals surface area contributed by atoms with E-state index in [2.05, 4.69) is 10.6 Å². The summed E-state index contributed by atoms with van der Waals surface area (Å²) in [7, 11) is 1.57. The molecule has 2 rings (SSSR count). The van der Waals surface area contributed by atoms with E-state index in [9.17, 15) is 4.79 Å². The van der Waals surface area contributed by atoms with E-state index in [1.54, 1.807) is 31.6 Å². The van der Waals surface area contributed by atoms with E-state index in [4.69, 9.17) is 20.8 Å². The molecule has 0 aliphatic rings. The maximum Gasteiger partial charge on any atom is 0.222 e.